The molecule has 1 aromatic rings. The van der Waals surface area contributed by atoms with Crippen molar-refractivity contribution in [2.45, 2.75) is 53.2 Å². The van der Waals surface area contributed by atoms with Gasteiger partial charge in [0.1, 0.15) is 0 Å². The summed E-state index contributed by atoms with van der Waals surface area (Å²) in [4.78, 5) is 0. The lowest BCUT2D eigenvalue weighted by molar-refractivity contribution is -0.0743. The van der Waals surface area contributed by atoms with Crippen LogP contribution in [0.1, 0.15) is 51.3 Å². The van der Waals surface area contributed by atoms with E-state index in [0.717, 1.165) is 12.0 Å². The molecule has 3 atom stereocenters. The molecule has 2 heteroatoms. The lowest BCUT2D eigenvalue weighted by atomic mass is 9.94. The van der Waals surface area contributed by atoms with Crippen LogP contribution in [0.5, 0.6) is 0 Å². The van der Waals surface area contributed by atoms with E-state index in [1.54, 1.807) is 0 Å². The van der Waals surface area contributed by atoms with Gasteiger partial charge in [0.05, 0.1) is 12.2 Å². The molecule has 0 heterocycles. The second-order valence-electron chi connectivity index (χ2n) is 6.57. The lowest BCUT2D eigenvalue weighted by Gasteiger charge is -2.31. The Hall–Kier alpha value is -1.12. The van der Waals surface area contributed by atoms with Crippen LogP contribution in [0.25, 0.3) is 0 Å². The molecule has 118 valence electrons. The van der Waals surface area contributed by atoms with Crippen LogP contribution in [0.4, 0.5) is 0 Å². The monoisotopic (exact) mass is 290 g/mol. The first-order chi connectivity index (χ1) is 9.85. The SMILES string of the molecule is C=C(C)C[C@H](O[C@H](C(C)C)[C@@H](C)CO)c1ccc(C)cc1. The third kappa shape index (κ3) is 5.64. The molecule has 2 nitrogen and oxygen atoms in total. The molecule has 0 saturated heterocycles. The van der Waals surface area contributed by atoms with Gasteiger partial charge in [-0.1, -0.05) is 56.2 Å². The highest BCUT2D eigenvalue weighted by Gasteiger charge is 2.25. The van der Waals surface area contributed by atoms with Gasteiger partial charge in [0.25, 0.3) is 0 Å². The minimum absolute atomic E-state index is 0.00417. The van der Waals surface area contributed by atoms with Crippen LogP contribution in [-0.4, -0.2) is 17.8 Å². The maximum atomic E-state index is 9.46. The second kappa shape index (κ2) is 8.35. The zero-order chi connectivity index (χ0) is 16.0. The van der Waals surface area contributed by atoms with E-state index in [2.05, 4.69) is 51.6 Å². The molecule has 0 aliphatic rings. The summed E-state index contributed by atoms with van der Waals surface area (Å²) in [5.41, 5.74) is 3.54. The van der Waals surface area contributed by atoms with Crippen molar-refractivity contribution in [2.24, 2.45) is 11.8 Å². The predicted molar refractivity (Wildman–Crippen MR) is 89.3 cm³/mol. The summed E-state index contributed by atoms with van der Waals surface area (Å²) in [6.45, 7) is 14.6. The van der Waals surface area contributed by atoms with Crippen LogP contribution in [0, 0.1) is 18.8 Å². The Morgan fingerprint density at radius 3 is 2.19 bits per heavy atom. The summed E-state index contributed by atoms with van der Waals surface area (Å²) >= 11 is 0. The molecule has 0 saturated carbocycles. The zero-order valence-corrected chi connectivity index (χ0v) is 14.1. The van der Waals surface area contributed by atoms with E-state index in [4.69, 9.17) is 4.74 Å². The Kier molecular flexibility index (Phi) is 7.13. The number of aryl methyl sites for hydroxylation is 1. The van der Waals surface area contributed by atoms with E-state index < -0.39 is 0 Å². The van der Waals surface area contributed by atoms with E-state index in [9.17, 15) is 5.11 Å². The summed E-state index contributed by atoms with van der Waals surface area (Å²) in [6, 6.07) is 8.49. The van der Waals surface area contributed by atoms with Crippen molar-refractivity contribution in [3.05, 3.63) is 47.5 Å². The summed E-state index contributed by atoms with van der Waals surface area (Å²) in [5, 5.41) is 9.46. The Balaban J connectivity index is 2.96. The maximum Gasteiger partial charge on any atom is 0.0865 e. The third-order valence-electron chi connectivity index (χ3n) is 3.81. The van der Waals surface area contributed by atoms with E-state index in [0.29, 0.717) is 5.92 Å². The zero-order valence-electron chi connectivity index (χ0n) is 14.1. The normalized spacial score (nSPS) is 15.8. The summed E-state index contributed by atoms with van der Waals surface area (Å²) in [6.07, 6.45) is 0.856. The minimum atomic E-state index is 0.00417. The Labute approximate surface area is 129 Å². The summed E-state index contributed by atoms with van der Waals surface area (Å²) in [5.74, 6) is 0.494. The fraction of sp³-hybridized carbons (Fsp3) is 0.579. The largest absolute Gasteiger partial charge is 0.396 e. The topological polar surface area (TPSA) is 29.5 Å². The van der Waals surface area contributed by atoms with Gasteiger partial charge >= 0.3 is 0 Å². The van der Waals surface area contributed by atoms with Gasteiger partial charge in [-0.25, -0.2) is 0 Å². The average Bonchev–Trinajstić information content (AvgIpc) is 2.42. The fourth-order valence-electron chi connectivity index (χ4n) is 2.58. The number of benzene rings is 1. The first kappa shape index (κ1) is 17.9. The molecule has 0 spiro atoms. The van der Waals surface area contributed by atoms with E-state index in [1.807, 2.05) is 13.8 Å². The lowest BCUT2D eigenvalue weighted by Crippen LogP contribution is -2.31. The van der Waals surface area contributed by atoms with Gasteiger partial charge in [-0.2, -0.15) is 0 Å². The number of ether oxygens (including phenoxy) is 1. The van der Waals surface area contributed by atoms with Crippen molar-refractivity contribution in [1.29, 1.82) is 0 Å². The molecule has 0 bridgehead atoms. The number of aliphatic hydroxyl groups excluding tert-OH is 1. The molecule has 0 fully saturated rings. The molecule has 1 rings (SSSR count). The van der Waals surface area contributed by atoms with Gasteiger partial charge in [-0.15, -0.1) is 6.58 Å². The molecular weight excluding hydrogens is 260 g/mol. The van der Waals surface area contributed by atoms with Gasteiger partial charge in [0.15, 0.2) is 0 Å². The highest BCUT2D eigenvalue weighted by Crippen LogP contribution is 2.30. The Bertz CT molecular complexity index is 433. The molecule has 1 aromatic carbocycles. The van der Waals surface area contributed by atoms with Crippen molar-refractivity contribution in [2.75, 3.05) is 6.61 Å². The van der Waals surface area contributed by atoms with Crippen molar-refractivity contribution < 1.29 is 9.84 Å². The van der Waals surface area contributed by atoms with Gasteiger partial charge < -0.3 is 9.84 Å². The van der Waals surface area contributed by atoms with E-state index >= 15 is 0 Å². The van der Waals surface area contributed by atoms with Gasteiger partial charge in [0, 0.05) is 12.5 Å². The van der Waals surface area contributed by atoms with Crippen LogP contribution in [0.15, 0.2) is 36.4 Å². The average molecular weight is 290 g/mol. The van der Waals surface area contributed by atoms with Crippen molar-refractivity contribution in [3.8, 4) is 0 Å². The van der Waals surface area contributed by atoms with E-state index in [1.165, 1.54) is 11.1 Å². The Morgan fingerprint density at radius 2 is 1.76 bits per heavy atom. The molecule has 0 radical (unpaired) electrons. The van der Waals surface area contributed by atoms with E-state index in [-0.39, 0.29) is 24.7 Å². The van der Waals surface area contributed by atoms with Crippen LogP contribution < -0.4 is 0 Å². The quantitative estimate of drug-likeness (QED) is 0.705. The Morgan fingerprint density at radius 1 is 1.19 bits per heavy atom. The highest BCUT2D eigenvalue weighted by molar-refractivity contribution is 5.24. The molecule has 0 amide bonds. The van der Waals surface area contributed by atoms with Crippen LogP contribution >= 0.6 is 0 Å². The molecular formula is C19H30O2. The van der Waals surface area contributed by atoms with Gasteiger partial charge in [-0.3, -0.25) is 0 Å². The predicted octanol–water partition coefficient (Wildman–Crippen LogP) is 4.67. The molecule has 0 aliphatic heterocycles. The minimum Gasteiger partial charge on any atom is -0.396 e. The van der Waals surface area contributed by atoms with Crippen LogP contribution in [0.2, 0.25) is 0 Å². The molecule has 0 aliphatic carbocycles. The molecule has 21 heavy (non-hydrogen) atoms. The van der Waals surface area contributed by atoms with Crippen molar-refractivity contribution in [1.82, 2.24) is 0 Å². The smallest absolute Gasteiger partial charge is 0.0865 e. The van der Waals surface area contributed by atoms with Gasteiger partial charge in [-0.05, 0) is 31.7 Å². The molecule has 1 N–H and O–H groups in total. The number of hydrogen-bond donors (Lipinski definition) is 1. The molecule has 0 aromatic heterocycles. The highest BCUT2D eigenvalue weighted by atomic mass is 16.5. The third-order valence-corrected chi connectivity index (χ3v) is 3.81. The van der Waals surface area contributed by atoms with Crippen molar-refractivity contribution in [3.63, 3.8) is 0 Å². The maximum absolute atomic E-state index is 9.46. The van der Waals surface area contributed by atoms with Gasteiger partial charge in [0.2, 0.25) is 0 Å². The number of rotatable bonds is 8. The first-order valence-electron chi connectivity index (χ1n) is 7.82. The molecule has 0 unspecified atom stereocenters. The van der Waals surface area contributed by atoms with Crippen LogP contribution in [0.3, 0.4) is 0 Å². The number of aliphatic hydroxyl groups is 1. The second-order valence-corrected chi connectivity index (χ2v) is 6.57. The summed E-state index contributed by atoms with van der Waals surface area (Å²) in [7, 11) is 0. The van der Waals surface area contributed by atoms with Crippen LogP contribution in [-0.2, 0) is 4.74 Å². The van der Waals surface area contributed by atoms with Crippen molar-refractivity contribution >= 4 is 0 Å². The first-order valence-corrected chi connectivity index (χ1v) is 7.82. The fourth-order valence-corrected chi connectivity index (χ4v) is 2.58. The number of hydrogen-bond acceptors (Lipinski definition) is 2. The standard InChI is InChI=1S/C19H30O2/c1-13(2)11-18(17-9-7-15(5)8-10-17)21-19(14(3)4)16(6)12-20/h7-10,14,16,18-20H,1,11-12H2,2-6H3/t16-,18-,19+/m0/s1. The summed E-state index contributed by atoms with van der Waals surface area (Å²) < 4.78 is 6.38.